The van der Waals surface area contributed by atoms with Crippen LogP contribution in [0.3, 0.4) is 0 Å². The Balaban J connectivity index is 3.08. The van der Waals surface area contributed by atoms with Crippen LogP contribution in [0.2, 0.25) is 0 Å². The monoisotopic (exact) mass is 316 g/mol. The van der Waals surface area contributed by atoms with E-state index in [2.05, 4.69) is 10.0 Å². The first-order valence-electron chi connectivity index (χ1n) is 7.13. The summed E-state index contributed by atoms with van der Waals surface area (Å²) in [7, 11) is -1.94. The van der Waals surface area contributed by atoms with E-state index in [1.807, 2.05) is 20.8 Å². The molecule has 6 heteroatoms. The normalized spacial score (nSPS) is 13.7. The quantitative estimate of drug-likeness (QED) is 0.813. The second-order valence-electron chi connectivity index (χ2n) is 5.90. The van der Waals surface area contributed by atoms with Gasteiger partial charge < -0.3 is 5.32 Å². The van der Waals surface area contributed by atoms with Gasteiger partial charge in [-0.1, -0.05) is 13.8 Å². The van der Waals surface area contributed by atoms with Gasteiger partial charge in [0.25, 0.3) is 0 Å². The summed E-state index contributed by atoms with van der Waals surface area (Å²) in [6.07, 6.45) is 0.753. The Bertz CT molecular complexity index is 586. The van der Waals surface area contributed by atoms with E-state index in [1.165, 1.54) is 12.1 Å². The van der Waals surface area contributed by atoms with Gasteiger partial charge in [0.2, 0.25) is 10.0 Å². The van der Waals surface area contributed by atoms with E-state index >= 15 is 0 Å². The fourth-order valence-electron chi connectivity index (χ4n) is 2.37. The van der Waals surface area contributed by atoms with Crippen LogP contribution in [-0.2, 0) is 16.6 Å². The molecule has 120 valence electrons. The fraction of sp³-hybridized carbons (Fsp3) is 0.600. The highest BCUT2D eigenvalue weighted by atomic mass is 32.2. The number of rotatable bonds is 7. The van der Waals surface area contributed by atoms with Crippen molar-refractivity contribution in [1.82, 2.24) is 10.0 Å². The van der Waals surface area contributed by atoms with E-state index in [0.29, 0.717) is 17.0 Å². The third-order valence-electron chi connectivity index (χ3n) is 3.16. The number of sulfonamides is 1. The van der Waals surface area contributed by atoms with Gasteiger partial charge in [-0.15, -0.1) is 0 Å². The molecule has 1 aromatic carbocycles. The van der Waals surface area contributed by atoms with Crippen LogP contribution in [0.25, 0.3) is 0 Å². The smallest absolute Gasteiger partial charge is 0.240 e. The van der Waals surface area contributed by atoms with Crippen molar-refractivity contribution >= 4 is 10.0 Å². The maximum absolute atomic E-state index is 13.9. The first kappa shape index (κ1) is 18.1. The van der Waals surface area contributed by atoms with Crippen LogP contribution in [0.15, 0.2) is 17.0 Å². The Hall–Kier alpha value is -0.980. The van der Waals surface area contributed by atoms with Crippen molar-refractivity contribution in [2.24, 2.45) is 5.92 Å². The van der Waals surface area contributed by atoms with Gasteiger partial charge in [0, 0.05) is 18.2 Å². The highest BCUT2D eigenvalue weighted by Crippen LogP contribution is 2.20. The Morgan fingerprint density at radius 2 is 1.86 bits per heavy atom. The van der Waals surface area contributed by atoms with Gasteiger partial charge >= 0.3 is 0 Å². The van der Waals surface area contributed by atoms with Gasteiger partial charge in [-0.3, -0.25) is 0 Å². The standard InChI is InChI=1S/C15H25FN2O2S/c1-10(2)6-12(4)18-21(19,20)14-7-11(3)15(16)13(8-14)9-17-5/h7-8,10,12,17-18H,6,9H2,1-5H3. The lowest BCUT2D eigenvalue weighted by molar-refractivity contribution is 0.482. The third kappa shape index (κ3) is 5.05. The summed E-state index contributed by atoms with van der Waals surface area (Å²) in [5.74, 6) is 0.0380. The topological polar surface area (TPSA) is 58.2 Å². The van der Waals surface area contributed by atoms with Gasteiger partial charge in [0.15, 0.2) is 0 Å². The van der Waals surface area contributed by atoms with Crippen molar-refractivity contribution in [3.8, 4) is 0 Å². The molecule has 0 aliphatic rings. The van der Waals surface area contributed by atoms with Crippen molar-refractivity contribution in [1.29, 1.82) is 0 Å². The molecule has 0 aliphatic heterocycles. The van der Waals surface area contributed by atoms with Crippen LogP contribution >= 0.6 is 0 Å². The zero-order chi connectivity index (χ0) is 16.2. The van der Waals surface area contributed by atoms with Gasteiger partial charge in [-0.2, -0.15) is 0 Å². The average molecular weight is 316 g/mol. The summed E-state index contributed by atoms with van der Waals surface area (Å²) >= 11 is 0. The number of hydrogen-bond donors (Lipinski definition) is 2. The predicted molar refractivity (Wildman–Crippen MR) is 83.1 cm³/mol. The lowest BCUT2D eigenvalue weighted by atomic mass is 10.1. The molecule has 0 aromatic heterocycles. The lowest BCUT2D eigenvalue weighted by Crippen LogP contribution is -2.33. The molecule has 0 amide bonds. The van der Waals surface area contributed by atoms with Crippen LogP contribution in [-0.4, -0.2) is 21.5 Å². The maximum atomic E-state index is 13.9. The van der Waals surface area contributed by atoms with E-state index in [1.54, 1.807) is 14.0 Å². The molecule has 1 rings (SSSR count). The zero-order valence-electron chi connectivity index (χ0n) is 13.3. The SMILES string of the molecule is CNCc1cc(S(=O)(=O)NC(C)CC(C)C)cc(C)c1F. The van der Waals surface area contributed by atoms with Crippen LogP contribution in [0.5, 0.6) is 0 Å². The predicted octanol–water partition coefficient (Wildman–Crippen LogP) is 2.57. The molecule has 1 atom stereocenters. The van der Waals surface area contributed by atoms with Gasteiger partial charge in [-0.25, -0.2) is 17.5 Å². The van der Waals surface area contributed by atoms with Crippen molar-refractivity contribution in [2.45, 2.75) is 51.6 Å². The Kier molecular flexibility index (Phi) is 6.31. The molecule has 0 fully saturated rings. The van der Waals surface area contributed by atoms with Crippen molar-refractivity contribution in [3.63, 3.8) is 0 Å². The molecule has 0 bridgehead atoms. The Labute approximate surface area is 127 Å². The minimum Gasteiger partial charge on any atom is -0.316 e. The third-order valence-corrected chi connectivity index (χ3v) is 4.73. The van der Waals surface area contributed by atoms with Crippen molar-refractivity contribution in [3.05, 3.63) is 29.1 Å². The highest BCUT2D eigenvalue weighted by Gasteiger charge is 2.20. The zero-order valence-corrected chi connectivity index (χ0v) is 14.1. The molecule has 0 spiro atoms. The summed E-state index contributed by atoms with van der Waals surface area (Å²) in [5, 5.41) is 2.84. The molecule has 1 unspecified atom stereocenters. The molecular weight excluding hydrogens is 291 g/mol. The minimum atomic E-state index is -3.63. The molecule has 2 N–H and O–H groups in total. The molecule has 0 heterocycles. The molecular formula is C15H25FN2O2S. The number of halogens is 1. The molecule has 1 aromatic rings. The van der Waals surface area contributed by atoms with Crippen molar-refractivity contribution in [2.75, 3.05) is 7.05 Å². The van der Waals surface area contributed by atoms with E-state index in [-0.39, 0.29) is 23.3 Å². The van der Waals surface area contributed by atoms with E-state index in [9.17, 15) is 12.8 Å². The van der Waals surface area contributed by atoms with Gasteiger partial charge in [-0.05, 0) is 50.9 Å². The van der Waals surface area contributed by atoms with Crippen LogP contribution in [0.1, 0.15) is 38.3 Å². The van der Waals surface area contributed by atoms with E-state index in [0.717, 1.165) is 6.42 Å². The molecule has 4 nitrogen and oxygen atoms in total. The Morgan fingerprint density at radius 3 is 2.38 bits per heavy atom. The first-order chi connectivity index (χ1) is 9.67. The second kappa shape index (κ2) is 7.33. The fourth-order valence-corrected chi connectivity index (χ4v) is 3.76. The summed E-state index contributed by atoms with van der Waals surface area (Å²) < 4.78 is 41.4. The minimum absolute atomic E-state index is 0.113. The number of hydrogen-bond acceptors (Lipinski definition) is 3. The first-order valence-corrected chi connectivity index (χ1v) is 8.61. The van der Waals surface area contributed by atoms with Crippen LogP contribution < -0.4 is 10.0 Å². The largest absolute Gasteiger partial charge is 0.316 e. The Morgan fingerprint density at radius 1 is 1.24 bits per heavy atom. The van der Waals surface area contributed by atoms with Gasteiger partial charge in [0.1, 0.15) is 5.82 Å². The lowest BCUT2D eigenvalue weighted by Gasteiger charge is -2.17. The average Bonchev–Trinajstić information content (AvgIpc) is 2.32. The molecule has 0 saturated heterocycles. The molecule has 0 aliphatic carbocycles. The summed E-state index contributed by atoms with van der Waals surface area (Å²) in [5.41, 5.74) is 0.689. The summed E-state index contributed by atoms with van der Waals surface area (Å²) in [4.78, 5) is 0.113. The summed E-state index contributed by atoms with van der Waals surface area (Å²) in [6.45, 7) is 7.78. The maximum Gasteiger partial charge on any atom is 0.240 e. The molecule has 21 heavy (non-hydrogen) atoms. The van der Waals surface area contributed by atoms with E-state index < -0.39 is 10.0 Å². The number of benzene rings is 1. The molecule has 0 saturated carbocycles. The molecule has 0 radical (unpaired) electrons. The van der Waals surface area contributed by atoms with Crippen LogP contribution in [0, 0.1) is 18.7 Å². The summed E-state index contributed by atoms with van der Waals surface area (Å²) in [6, 6.07) is 2.61. The van der Waals surface area contributed by atoms with E-state index in [4.69, 9.17) is 0 Å². The highest BCUT2D eigenvalue weighted by molar-refractivity contribution is 7.89. The van der Waals surface area contributed by atoms with Gasteiger partial charge in [0.05, 0.1) is 4.90 Å². The second-order valence-corrected chi connectivity index (χ2v) is 7.61. The van der Waals surface area contributed by atoms with Crippen LogP contribution in [0.4, 0.5) is 4.39 Å². The number of aryl methyl sites for hydroxylation is 1. The number of nitrogens with one attached hydrogen (secondary N) is 2. The van der Waals surface area contributed by atoms with Crippen molar-refractivity contribution < 1.29 is 12.8 Å².